The van der Waals surface area contributed by atoms with Crippen LogP contribution in [0, 0.1) is 5.92 Å². The maximum absolute atomic E-state index is 12.2. The molecule has 0 bridgehead atoms. The Hall–Kier alpha value is -1.21. The first-order valence-corrected chi connectivity index (χ1v) is 9.07. The number of rotatable bonds is 9. The molecule has 2 rings (SSSR count). The Balaban J connectivity index is 1.67. The highest BCUT2D eigenvalue weighted by atomic mass is 19.4. The van der Waals surface area contributed by atoms with Gasteiger partial charge in [0, 0.05) is 19.1 Å². The van der Waals surface area contributed by atoms with E-state index in [2.05, 4.69) is 11.7 Å². The summed E-state index contributed by atoms with van der Waals surface area (Å²) in [6.45, 7) is 3.46. The molecule has 3 nitrogen and oxygen atoms in total. The van der Waals surface area contributed by atoms with Crippen LogP contribution in [0.25, 0.3) is 0 Å². The van der Waals surface area contributed by atoms with Gasteiger partial charge in [-0.15, -0.1) is 13.2 Å². The van der Waals surface area contributed by atoms with Gasteiger partial charge in [-0.25, -0.2) is 0 Å². The number of alkyl halides is 3. The molecule has 0 saturated carbocycles. The monoisotopic (exact) mass is 358 g/mol. The lowest BCUT2D eigenvalue weighted by atomic mass is 9.77. The lowest BCUT2D eigenvalue weighted by Crippen LogP contribution is -2.44. The molecule has 0 spiro atoms. The van der Waals surface area contributed by atoms with E-state index in [0.717, 1.165) is 6.42 Å². The molecule has 1 aromatic carbocycles. The summed E-state index contributed by atoms with van der Waals surface area (Å²) >= 11 is 0. The predicted octanol–water partition coefficient (Wildman–Crippen LogP) is 4.69. The maximum Gasteiger partial charge on any atom is 0.573 e. The SMILES string of the molecule is CCCCCCCCC1COB(c2ccc(OC(F)(F)F)cc2)OC1. The van der Waals surface area contributed by atoms with Gasteiger partial charge < -0.3 is 14.0 Å². The van der Waals surface area contributed by atoms with Crippen LogP contribution >= 0.6 is 0 Å². The number of halogens is 3. The molecule has 0 amide bonds. The van der Waals surface area contributed by atoms with E-state index in [0.29, 0.717) is 24.6 Å². The van der Waals surface area contributed by atoms with Crippen LogP contribution in [0.3, 0.4) is 0 Å². The summed E-state index contributed by atoms with van der Waals surface area (Å²) in [5, 5.41) is 0. The Morgan fingerprint density at radius 1 is 1.00 bits per heavy atom. The zero-order valence-electron chi connectivity index (χ0n) is 14.7. The van der Waals surface area contributed by atoms with Gasteiger partial charge in [-0.1, -0.05) is 57.6 Å². The molecule has 1 saturated heterocycles. The summed E-state index contributed by atoms with van der Waals surface area (Å²) in [5.74, 6) is 0.156. The fourth-order valence-electron chi connectivity index (χ4n) is 2.94. The maximum atomic E-state index is 12.2. The van der Waals surface area contributed by atoms with Crippen molar-refractivity contribution in [1.29, 1.82) is 0 Å². The highest BCUT2D eigenvalue weighted by Gasteiger charge is 2.32. The average molecular weight is 358 g/mol. The fraction of sp³-hybridized carbons (Fsp3) is 0.667. The first-order valence-electron chi connectivity index (χ1n) is 9.07. The number of ether oxygens (including phenoxy) is 1. The first-order chi connectivity index (χ1) is 12.0. The third-order valence-electron chi connectivity index (χ3n) is 4.32. The van der Waals surface area contributed by atoms with Crippen molar-refractivity contribution < 1.29 is 27.2 Å². The van der Waals surface area contributed by atoms with E-state index in [1.807, 2.05) is 0 Å². The van der Waals surface area contributed by atoms with Gasteiger partial charge in [-0.3, -0.25) is 0 Å². The van der Waals surface area contributed by atoms with Gasteiger partial charge in [0.2, 0.25) is 0 Å². The van der Waals surface area contributed by atoms with E-state index in [-0.39, 0.29) is 5.75 Å². The average Bonchev–Trinajstić information content (AvgIpc) is 2.58. The molecular weight excluding hydrogens is 332 g/mol. The van der Waals surface area contributed by atoms with Crippen LogP contribution < -0.4 is 10.2 Å². The Morgan fingerprint density at radius 2 is 1.60 bits per heavy atom. The summed E-state index contributed by atoms with van der Waals surface area (Å²) in [6, 6.07) is 5.63. The molecule has 25 heavy (non-hydrogen) atoms. The minimum absolute atomic E-state index is 0.243. The van der Waals surface area contributed by atoms with Crippen molar-refractivity contribution in [2.24, 2.45) is 5.92 Å². The second kappa shape index (κ2) is 10.1. The zero-order valence-corrected chi connectivity index (χ0v) is 14.7. The van der Waals surface area contributed by atoms with E-state index >= 15 is 0 Å². The molecule has 140 valence electrons. The summed E-state index contributed by atoms with van der Waals surface area (Å²) in [7, 11) is -0.513. The molecular formula is C18H26BF3O3. The van der Waals surface area contributed by atoms with Gasteiger partial charge in [-0.2, -0.15) is 0 Å². The predicted molar refractivity (Wildman–Crippen MR) is 91.9 cm³/mol. The Bertz CT molecular complexity index is 485. The van der Waals surface area contributed by atoms with E-state index < -0.39 is 13.5 Å². The van der Waals surface area contributed by atoms with Crippen LogP contribution in [0.5, 0.6) is 5.75 Å². The quantitative estimate of drug-likeness (QED) is 0.473. The standard InChI is InChI=1S/C18H26BF3O3/c1-2-3-4-5-6-7-8-15-13-23-19(24-14-15)16-9-11-17(12-10-16)25-18(20,21)22/h9-12,15H,2-8,13-14H2,1H3. The van der Waals surface area contributed by atoms with Gasteiger partial charge in [0.25, 0.3) is 0 Å². The van der Waals surface area contributed by atoms with Crippen molar-refractivity contribution in [3.05, 3.63) is 24.3 Å². The summed E-state index contributed by atoms with van der Waals surface area (Å²) in [5.41, 5.74) is 0.701. The Kier molecular flexibility index (Phi) is 8.10. The topological polar surface area (TPSA) is 27.7 Å². The van der Waals surface area contributed by atoms with Crippen LogP contribution in [0.15, 0.2) is 24.3 Å². The third kappa shape index (κ3) is 7.69. The highest BCUT2D eigenvalue weighted by Crippen LogP contribution is 2.22. The molecule has 0 aromatic heterocycles. The van der Waals surface area contributed by atoms with Crippen molar-refractivity contribution in [3.8, 4) is 5.75 Å². The molecule has 1 fully saturated rings. The Labute approximate surface area is 148 Å². The molecule has 1 aromatic rings. The van der Waals surface area contributed by atoms with Gasteiger partial charge in [0.15, 0.2) is 0 Å². The van der Waals surface area contributed by atoms with Crippen molar-refractivity contribution in [1.82, 2.24) is 0 Å². The molecule has 1 aliphatic rings. The Morgan fingerprint density at radius 3 is 2.20 bits per heavy atom. The van der Waals surface area contributed by atoms with Crippen LogP contribution in [0.4, 0.5) is 13.2 Å². The lowest BCUT2D eigenvalue weighted by Gasteiger charge is -2.27. The van der Waals surface area contributed by atoms with E-state index in [1.54, 1.807) is 12.1 Å². The van der Waals surface area contributed by atoms with Crippen molar-refractivity contribution in [3.63, 3.8) is 0 Å². The largest absolute Gasteiger partial charge is 0.573 e. The minimum atomic E-state index is -4.68. The first kappa shape index (κ1) is 20.1. The minimum Gasteiger partial charge on any atom is -0.407 e. The second-order valence-electron chi connectivity index (χ2n) is 6.54. The van der Waals surface area contributed by atoms with Gasteiger partial charge in [0.05, 0.1) is 0 Å². The van der Waals surface area contributed by atoms with E-state index in [9.17, 15) is 13.2 Å². The number of hydrogen-bond donors (Lipinski definition) is 0. The normalized spacial score (nSPS) is 16.2. The van der Waals surface area contributed by atoms with Crippen molar-refractivity contribution in [2.75, 3.05) is 13.2 Å². The molecule has 0 atom stereocenters. The molecule has 1 aliphatic heterocycles. The van der Waals surface area contributed by atoms with Crippen molar-refractivity contribution >= 4 is 12.6 Å². The van der Waals surface area contributed by atoms with E-state index in [4.69, 9.17) is 9.31 Å². The van der Waals surface area contributed by atoms with Crippen LogP contribution in [0.1, 0.15) is 51.9 Å². The number of hydrogen-bond acceptors (Lipinski definition) is 3. The summed E-state index contributed by atoms with van der Waals surface area (Å²) in [4.78, 5) is 0. The number of unbranched alkanes of at least 4 members (excludes halogenated alkanes) is 5. The van der Waals surface area contributed by atoms with Gasteiger partial charge in [0.1, 0.15) is 5.75 Å². The number of benzene rings is 1. The molecule has 7 heteroatoms. The van der Waals surface area contributed by atoms with E-state index in [1.165, 1.54) is 50.7 Å². The smallest absolute Gasteiger partial charge is 0.407 e. The second-order valence-corrected chi connectivity index (χ2v) is 6.54. The molecule has 0 N–H and O–H groups in total. The summed E-state index contributed by atoms with van der Waals surface area (Å²) < 4.78 is 51.8. The molecule has 0 unspecified atom stereocenters. The van der Waals surface area contributed by atoms with Crippen LogP contribution in [-0.4, -0.2) is 26.7 Å². The van der Waals surface area contributed by atoms with Crippen LogP contribution in [-0.2, 0) is 9.31 Å². The molecule has 0 radical (unpaired) electrons. The third-order valence-corrected chi connectivity index (χ3v) is 4.32. The fourth-order valence-corrected chi connectivity index (χ4v) is 2.94. The van der Waals surface area contributed by atoms with Gasteiger partial charge in [-0.05, 0) is 24.0 Å². The van der Waals surface area contributed by atoms with Gasteiger partial charge >= 0.3 is 13.5 Å². The molecule has 1 heterocycles. The zero-order chi connectivity index (χ0) is 18.1. The van der Waals surface area contributed by atoms with Crippen LogP contribution in [0.2, 0.25) is 0 Å². The molecule has 0 aliphatic carbocycles. The summed E-state index contributed by atoms with van der Waals surface area (Å²) in [6.07, 6.45) is 4.02. The highest BCUT2D eigenvalue weighted by molar-refractivity contribution is 6.61. The van der Waals surface area contributed by atoms with Crippen molar-refractivity contribution in [2.45, 2.75) is 58.2 Å². The lowest BCUT2D eigenvalue weighted by molar-refractivity contribution is -0.274.